The van der Waals surface area contributed by atoms with Crippen molar-refractivity contribution >= 4 is 10.9 Å². The Labute approximate surface area is 138 Å². The van der Waals surface area contributed by atoms with Crippen LogP contribution in [0.5, 0.6) is 5.75 Å². The average molecular weight is 317 g/mol. The van der Waals surface area contributed by atoms with Crippen LogP contribution in [0.25, 0.3) is 10.9 Å². The molecule has 0 spiro atoms. The number of aromatic nitrogens is 2. The van der Waals surface area contributed by atoms with Gasteiger partial charge in [0.1, 0.15) is 5.75 Å². The minimum Gasteiger partial charge on any atom is -0.497 e. The highest BCUT2D eigenvalue weighted by Crippen LogP contribution is 2.26. The number of methoxy groups -OCH3 is 2. The first-order chi connectivity index (χ1) is 11.3. The number of piperidine rings is 1. The Balaban J connectivity index is 1.64. The number of nitrogens with zero attached hydrogens (tertiary/aromatic N) is 2. The summed E-state index contributed by atoms with van der Waals surface area (Å²) >= 11 is 0. The second-order valence-corrected chi connectivity index (χ2v) is 6.46. The van der Waals surface area contributed by atoms with Crippen molar-refractivity contribution in [2.45, 2.75) is 32.2 Å². The summed E-state index contributed by atoms with van der Waals surface area (Å²) in [5.41, 5.74) is 2.20. The molecule has 23 heavy (non-hydrogen) atoms. The van der Waals surface area contributed by atoms with Crippen LogP contribution in [0.3, 0.4) is 0 Å². The molecular weight excluding hydrogens is 290 g/mol. The summed E-state index contributed by atoms with van der Waals surface area (Å²) in [6.07, 6.45) is 5.06. The summed E-state index contributed by atoms with van der Waals surface area (Å²) in [5, 5.41) is 8.80. The molecule has 5 heteroatoms. The second kappa shape index (κ2) is 7.79. The zero-order valence-electron chi connectivity index (χ0n) is 14.2. The van der Waals surface area contributed by atoms with Gasteiger partial charge in [0.25, 0.3) is 0 Å². The lowest BCUT2D eigenvalue weighted by Gasteiger charge is -2.32. The summed E-state index contributed by atoms with van der Waals surface area (Å²) in [6.45, 7) is 4.16. The molecule has 0 saturated carbocycles. The van der Waals surface area contributed by atoms with E-state index >= 15 is 0 Å². The molecule has 5 nitrogen and oxygen atoms in total. The highest BCUT2D eigenvalue weighted by molar-refractivity contribution is 5.82. The van der Waals surface area contributed by atoms with Gasteiger partial charge in [0.15, 0.2) is 0 Å². The molecule has 2 heterocycles. The van der Waals surface area contributed by atoms with Crippen LogP contribution in [0.1, 0.15) is 31.4 Å². The van der Waals surface area contributed by atoms with Gasteiger partial charge in [0.05, 0.1) is 18.3 Å². The van der Waals surface area contributed by atoms with Crippen LogP contribution < -0.4 is 4.74 Å². The standard InChI is InChI=1S/C18H27N3O2/c1-22-10-4-6-14-5-3-9-21(12-14)13-18-16-11-15(23-2)7-8-17(16)19-20-18/h7-8,11,14H,3-6,9-10,12-13H2,1-2H3,(H,19,20)/t14-/m1/s1. The lowest BCUT2D eigenvalue weighted by atomic mass is 9.93. The van der Waals surface area contributed by atoms with Gasteiger partial charge in [-0.2, -0.15) is 5.10 Å². The van der Waals surface area contributed by atoms with Crippen LogP contribution in [0, 0.1) is 5.92 Å². The summed E-state index contributed by atoms with van der Waals surface area (Å²) in [5.74, 6) is 1.68. The predicted octanol–water partition coefficient (Wildman–Crippen LogP) is 3.21. The molecule has 0 bridgehead atoms. The number of fused-ring (bicyclic) bond motifs is 1. The van der Waals surface area contributed by atoms with Crippen molar-refractivity contribution < 1.29 is 9.47 Å². The normalized spacial score (nSPS) is 19.3. The van der Waals surface area contributed by atoms with Crippen LogP contribution in [0.2, 0.25) is 0 Å². The highest BCUT2D eigenvalue weighted by atomic mass is 16.5. The number of likely N-dealkylation sites (tertiary alicyclic amines) is 1. The fraction of sp³-hybridized carbons (Fsp3) is 0.611. The van der Waals surface area contributed by atoms with Gasteiger partial charge in [-0.1, -0.05) is 0 Å². The molecule has 1 N–H and O–H groups in total. The number of benzene rings is 1. The molecule has 126 valence electrons. The van der Waals surface area contributed by atoms with Gasteiger partial charge in [0, 0.05) is 32.2 Å². The molecule has 1 aliphatic heterocycles. The SMILES string of the molecule is COCCC[C@H]1CCCN(Cc2[nH]nc3ccc(OC)cc23)C1. The maximum Gasteiger partial charge on any atom is 0.119 e. The van der Waals surface area contributed by atoms with Gasteiger partial charge in [0.2, 0.25) is 0 Å². The van der Waals surface area contributed by atoms with Gasteiger partial charge in [-0.15, -0.1) is 0 Å². The lowest BCUT2D eigenvalue weighted by Crippen LogP contribution is -2.35. The van der Waals surface area contributed by atoms with Gasteiger partial charge < -0.3 is 9.47 Å². The number of aromatic amines is 1. The molecule has 1 atom stereocenters. The summed E-state index contributed by atoms with van der Waals surface area (Å²) in [6, 6.07) is 6.05. The van der Waals surface area contributed by atoms with E-state index in [1.807, 2.05) is 12.1 Å². The topological polar surface area (TPSA) is 50.4 Å². The quantitative estimate of drug-likeness (QED) is 0.797. The smallest absolute Gasteiger partial charge is 0.119 e. The first-order valence-corrected chi connectivity index (χ1v) is 8.52. The minimum absolute atomic E-state index is 0.794. The molecule has 1 fully saturated rings. The van der Waals surface area contributed by atoms with E-state index in [0.29, 0.717) is 0 Å². The molecule has 0 radical (unpaired) electrons. The Hall–Kier alpha value is -1.59. The second-order valence-electron chi connectivity index (χ2n) is 6.46. The number of nitrogens with one attached hydrogen (secondary N) is 1. The zero-order valence-corrected chi connectivity index (χ0v) is 14.2. The molecule has 1 aromatic carbocycles. The third-order valence-electron chi connectivity index (χ3n) is 4.79. The van der Waals surface area contributed by atoms with Crippen molar-refractivity contribution in [3.63, 3.8) is 0 Å². The maximum atomic E-state index is 5.34. The van der Waals surface area contributed by atoms with E-state index in [9.17, 15) is 0 Å². The van der Waals surface area contributed by atoms with Crippen molar-refractivity contribution in [3.8, 4) is 5.75 Å². The van der Waals surface area contributed by atoms with Crippen LogP contribution in [0.4, 0.5) is 0 Å². The van der Waals surface area contributed by atoms with E-state index in [1.165, 1.54) is 49.9 Å². The van der Waals surface area contributed by atoms with Gasteiger partial charge in [-0.3, -0.25) is 10.00 Å². The molecule has 1 aliphatic rings. The van der Waals surface area contributed by atoms with E-state index in [0.717, 1.165) is 30.3 Å². The van der Waals surface area contributed by atoms with Crippen LogP contribution in [-0.2, 0) is 11.3 Å². The van der Waals surface area contributed by atoms with Gasteiger partial charge >= 0.3 is 0 Å². The first kappa shape index (κ1) is 16.3. The van der Waals surface area contributed by atoms with Crippen molar-refractivity contribution in [1.82, 2.24) is 15.1 Å². The van der Waals surface area contributed by atoms with Crippen molar-refractivity contribution in [1.29, 1.82) is 0 Å². The molecule has 1 aromatic heterocycles. The van der Waals surface area contributed by atoms with Gasteiger partial charge in [-0.05, 0) is 56.3 Å². The molecule has 0 aliphatic carbocycles. The Morgan fingerprint density at radius 1 is 1.35 bits per heavy atom. The maximum absolute atomic E-state index is 5.34. The van der Waals surface area contributed by atoms with Crippen molar-refractivity contribution in [3.05, 3.63) is 23.9 Å². The van der Waals surface area contributed by atoms with E-state index < -0.39 is 0 Å². The Morgan fingerprint density at radius 3 is 3.09 bits per heavy atom. The Kier molecular flexibility index (Phi) is 5.51. The summed E-state index contributed by atoms with van der Waals surface area (Å²) in [4.78, 5) is 2.55. The van der Waals surface area contributed by atoms with E-state index in [1.54, 1.807) is 14.2 Å². The largest absolute Gasteiger partial charge is 0.497 e. The fourth-order valence-corrected chi connectivity index (χ4v) is 3.56. The van der Waals surface area contributed by atoms with E-state index in [2.05, 4.69) is 21.2 Å². The minimum atomic E-state index is 0.794. The lowest BCUT2D eigenvalue weighted by molar-refractivity contribution is 0.142. The number of ether oxygens (including phenoxy) is 2. The first-order valence-electron chi connectivity index (χ1n) is 8.52. The third kappa shape index (κ3) is 4.03. The molecular formula is C18H27N3O2. The van der Waals surface area contributed by atoms with Crippen LogP contribution in [-0.4, -0.2) is 49.0 Å². The van der Waals surface area contributed by atoms with Crippen molar-refractivity contribution in [2.24, 2.45) is 5.92 Å². The average Bonchev–Trinajstić information content (AvgIpc) is 2.97. The number of H-pyrrole nitrogens is 1. The highest BCUT2D eigenvalue weighted by Gasteiger charge is 2.21. The monoisotopic (exact) mass is 317 g/mol. The summed E-state index contributed by atoms with van der Waals surface area (Å²) in [7, 11) is 3.49. The zero-order chi connectivity index (χ0) is 16.1. The predicted molar refractivity (Wildman–Crippen MR) is 91.8 cm³/mol. The van der Waals surface area contributed by atoms with Crippen molar-refractivity contribution in [2.75, 3.05) is 33.9 Å². The van der Waals surface area contributed by atoms with E-state index in [4.69, 9.17) is 9.47 Å². The third-order valence-corrected chi connectivity index (χ3v) is 4.79. The summed E-state index contributed by atoms with van der Waals surface area (Å²) < 4.78 is 10.5. The number of hydrogen-bond acceptors (Lipinski definition) is 4. The van der Waals surface area contributed by atoms with Crippen LogP contribution in [0.15, 0.2) is 18.2 Å². The molecule has 2 aromatic rings. The number of hydrogen-bond donors (Lipinski definition) is 1. The van der Waals surface area contributed by atoms with E-state index in [-0.39, 0.29) is 0 Å². The molecule has 1 saturated heterocycles. The van der Waals surface area contributed by atoms with Gasteiger partial charge in [-0.25, -0.2) is 0 Å². The fourth-order valence-electron chi connectivity index (χ4n) is 3.56. The molecule has 0 unspecified atom stereocenters. The molecule has 0 amide bonds. The van der Waals surface area contributed by atoms with Crippen LogP contribution >= 0.6 is 0 Å². The molecule has 3 rings (SSSR count). The Morgan fingerprint density at radius 2 is 2.26 bits per heavy atom. The Bertz CT molecular complexity index is 626. The number of rotatable bonds is 7.